The van der Waals surface area contributed by atoms with Crippen LogP contribution in [0.25, 0.3) is 6.20 Å². The van der Waals surface area contributed by atoms with Crippen LogP contribution in [-0.2, 0) is 6.54 Å². The number of halogens is 1. The fraction of sp³-hybridized carbons (Fsp3) is 0.214. The van der Waals surface area contributed by atoms with E-state index in [2.05, 4.69) is 30.0 Å². The predicted octanol–water partition coefficient (Wildman–Crippen LogP) is 3.49. The highest BCUT2D eigenvalue weighted by atomic mass is 35.5. The van der Waals surface area contributed by atoms with Crippen LogP contribution < -0.4 is 5.32 Å². The molecule has 18 heavy (non-hydrogen) atoms. The summed E-state index contributed by atoms with van der Waals surface area (Å²) in [6, 6.07) is 8.14. The number of benzene rings is 1. The lowest BCUT2D eigenvalue weighted by Crippen LogP contribution is -2.17. The summed E-state index contributed by atoms with van der Waals surface area (Å²) in [5.41, 5.74) is 2.31. The van der Waals surface area contributed by atoms with E-state index in [0.29, 0.717) is 0 Å². The van der Waals surface area contributed by atoms with E-state index in [1.807, 2.05) is 30.6 Å². The highest BCUT2D eigenvalue weighted by Crippen LogP contribution is 2.17. The number of hydrogen-bond donors (Lipinski definition) is 1. The van der Waals surface area contributed by atoms with Crippen molar-refractivity contribution in [1.29, 1.82) is 0 Å². The summed E-state index contributed by atoms with van der Waals surface area (Å²) in [6.07, 6.45) is 5.45. The molecule has 1 aromatic heterocycles. The maximum atomic E-state index is 5.98. The molecule has 2 rings (SSSR count). The molecule has 0 radical (unpaired) electrons. The van der Waals surface area contributed by atoms with Crippen molar-refractivity contribution in [2.75, 3.05) is 0 Å². The molecule has 0 fully saturated rings. The maximum absolute atomic E-state index is 5.98. The SMILES string of the molecule is C=Cn1cc(CN[C@H](C)c2cccc(Cl)c2)cn1. The van der Waals surface area contributed by atoms with Gasteiger partial charge in [0.2, 0.25) is 0 Å². The van der Waals surface area contributed by atoms with E-state index >= 15 is 0 Å². The number of rotatable bonds is 5. The van der Waals surface area contributed by atoms with Gasteiger partial charge in [0.1, 0.15) is 0 Å². The quantitative estimate of drug-likeness (QED) is 0.893. The largest absolute Gasteiger partial charge is 0.306 e. The summed E-state index contributed by atoms with van der Waals surface area (Å²) in [4.78, 5) is 0. The van der Waals surface area contributed by atoms with Crippen molar-refractivity contribution < 1.29 is 0 Å². The Labute approximate surface area is 112 Å². The minimum Gasteiger partial charge on any atom is -0.306 e. The van der Waals surface area contributed by atoms with Crippen LogP contribution in [-0.4, -0.2) is 9.78 Å². The molecule has 1 aromatic carbocycles. The molecular formula is C14H16ClN3. The second-order valence-electron chi connectivity index (χ2n) is 4.17. The average Bonchev–Trinajstić information content (AvgIpc) is 2.84. The molecule has 0 saturated carbocycles. The summed E-state index contributed by atoms with van der Waals surface area (Å²) in [5, 5.41) is 8.34. The van der Waals surface area contributed by atoms with E-state index in [1.54, 1.807) is 10.9 Å². The minimum absolute atomic E-state index is 0.246. The van der Waals surface area contributed by atoms with Crippen molar-refractivity contribution in [3.63, 3.8) is 0 Å². The molecule has 0 aliphatic rings. The van der Waals surface area contributed by atoms with Gasteiger partial charge in [0, 0.05) is 35.6 Å². The first-order valence-electron chi connectivity index (χ1n) is 5.83. The zero-order valence-electron chi connectivity index (χ0n) is 10.3. The van der Waals surface area contributed by atoms with E-state index < -0.39 is 0 Å². The molecule has 0 aliphatic heterocycles. The van der Waals surface area contributed by atoms with Gasteiger partial charge in [0.15, 0.2) is 0 Å². The maximum Gasteiger partial charge on any atom is 0.0538 e. The summed E-state index contributed by atoms with van der Waals surface area (Å²) >= 11 is 5.98. The van der Waals surface area contributed by atoms with E-state index in [-0.39, 0.29) is 6.04 Å². The Morgan fingerprint density at radius 3 is 3.06 bits per heavy atom. The van der Waals surface area contributed by atoms with Crippen LogP contribution in [0.15, 0.2) is 43.2 Å². The van der Waals surface area contributed by atoms with Crippen LogP contribution in [0.1, 0.15) is 24.1 Å². The zero-order chi connectivity index (χ0) is 13.0. The Hall–Kier alpha value is -1.58. The molecule has 1 N–H and O–H groups in total. The fourth-order valence-electron chi connectivity index (χ4n) is 1.73. The Kier molecular flexibility index (Phi) is 4.18. The first-order chi connectivity index (χ1) is 8.69. The standard InChI is InChI=1S/C14H16ClN3/c1-3-18-10-12(9-17-18)8-16-11(2)13-5-4-6-14(15)7-13/h3-7,9-11,16H,1,8H2,2H3/t11-/m1/s1. The van der Waals surface area contributed by atoms with Gasteiger partial charge in [-0.1, -0.05) is 30.3 Å². The molecule has 0 amide bonds. The monoisotopic (exact) mass is 261 g/mol. The first kappa shape index (κ1) is 12.9. The summed E-state index contributed by atoms with van der Waals surface area (Å²) in [7, 11) is 0. The van der Waals surface area contributed by atoms with Gasteiger partial charge in [0.25, 0.3) is 0 Å². The van der Waals surface area contributed by atoms with Gasteiger partial charge >= 0.3 is 0 Å². The number of nitrogens with zero attached hydrogens (tertiary/aromatic N) is 2. The predicted molar refractivity (Wildman–Crippen MR) is 75.3 cm³/mol. The highest BCUT2D eigenvalue weighted by Gasteiger charge is 2.05. The average molecular weight is 262 g/mol. The Morgan fingerprint density at radius 2 is 2.39 bits per heavy atom. The highest BCUT2D eigenvalue weighted by molar-refractivity contribution is 6.30. The van der Waals surface area contributed by atoms with Crippen LogP contribution in [0.2, 0.25) is 5.02 Å². The molecule has 1 atom stereocenters. The summed E-state index contributed by atoms with van der Waals surface area (Å²) in [5.74, 6) is 0. The molecule has 4 heteroatoms. The van der Waals surface area contributed by atoms with E-state index in [4.69, 9.17) is 11.6 Å². The molecule has 0 saturated heterocycles. The van der Waals surface area contributed by atoms with Gasteiger partial charge in [-0.3, -0.25) is 0 Å². The third kappa shape index (κ3) is 3.22. The molecule has 0 spiro atoms. The van der Waals surface area contributed by atoms with Gasteiger partial charge in [0.05, 0.1) is 6.20 Å². The molecule has 0 unspecified atom stereocenters. The minimum atomic E-state index is 0.246. The van der Waals surface area contributed by atoms with Gasteiger partial charge in [-0.15, -0.1) is 0 Å². The molecule has 3 nitrogen and oxygen atoms in total. The Bertz CT molecular complexity index is 533. The van der Waals surface area contributed by atoms with E-state index in [0.717, 1.165) is 17.1 Å². The molecule has 94 valence electrons. The van der Waals surface area contributed by atoms with E-state index in [9.17, 15) is 0 Å². The van der Waals surface area contributed by atoms with Crippen LogP contribution in [0.3, 0.4) is 0 Å². The fourth-order valence-corrected chi connectivity index (χ4v) is 1.93. The number of aromatic nitrogens is 2. The molecular weight excluding hydrogens is 246 g/mol. The van der Waals surface area contributed by atoms with Crippen molar-refractivity contribution in [1.82, 2.24) is 15.1 Å². The third-order valence-corrected chi connectivity index (χ3v) is 3.04. The second kappa shape index (κ2) is 5.85. The lowest BCUT2D eigenvalue weighted by molar-refractivity contribution is 0.575. The first-order valence-corrected chi connectivity index (χ1v) is 6.21. The molecule has 2 aromatic rings. The number of nitrogens with one attached hydrogen (secondary N) is 1. The normalized spacial score (nSPS) is 12.3. The second-order valence-corrected chi connectivity index (χ2v) is 4.61. The smallest absolute Gasteiger partial charge is 0.0538 e. The molecule has 0 bridgehead atoms. The van der Waals surface area contributed by atoms with Gasteiger partial charge in [-0.05, 0) is 24.6 Å². The summed E-state index contributed by atoms with van der Waals surface area (Å²) in [6.45, 7) is 6.54. The van der Waals surface area contributed by atoms with Crippen molar-refractivity contribution in [2.24, 2.45) is 0 Å². The Morgan fingerprint density at radius 1 is 1.56 bits per heavy atom. The van der Waals surface area contributed by atoms with Crippen molar-refractivity contribution in [3.8, 4) is 0 Å². The van der Waals surface area contributed by atoms with Gasteiger partial charge in [-0.2, -0.15) is 5.10 Å². The van der Waals surface area contributed by atoms with Crippen LogP contribution in [0.4, 0.5) is 0 Å². The third-order valence-electron chi connectivity index (χ3n) is 2.80. The molecule has 1 heterocycles. The lowest BCUT2D eigenvalue weighted by Gasteiger charge is -2.13. The van der Waals surface area contributed by atoms with Crippen LogP contribution in [0.5, 0.6) is 0 Å². The topological polar surface area (TPSA) is 29.9 Å². The van der Waals surface area contributed by atoms with Crippen molar-refractivity contribution >= 4 is 17.8 Å². The van der Waals surface area contributed by atoms with Crippen molar-refractivity contribution in [2.45, 2.75) is 19.5 Å². The zero-order valence-corrected chi connectivity index (χ0v) is 11.1. The van der Waals surface area contributed by atoms with Crippen LogP contribution >= 0.6 is 11.6 Å². The van der Waals surface area contributed by atoms with Crippen molar-refractivity contribution in [3.05, 3.63) is 59.4 Å². The van der Waals surface area contributed by atoms with E-state index in [1.165, 1.54) is 5.56 Å². The molecule has 0 aliphatic carbocycles. The Balaban J connectivity index is 1.95. The van der Waals surface area contributed by atoms with Crippen LogP contribution in [0, 0.1) is 0 Å². The lowest BCUT2D eigenvalue weighted by atomic mass is 10.1. The van der Waals surface area contributed by atoms with Gasteiger partial charge in [-0.25, -0.2) is 4.68 Å². The number of hydrogen-bond acceptors (Lipinski definition) is 2. The summed E-state index contributed by atoms with van der Waals surface area (Å²) < 4.78 is 1.70. The van der Waals surface area contributed by atoms with Gasteiger partial charge < -0.3 is 5.32 Å².